The Morgan fingerprint density at radius 3 is 2.56 bits per heavy atom. The van der Waals surface area contributed by atoms with E-state index in [2.05, 4.69) is 44.8 Å². The van der Waals surface area contributed by atoms with Gasteiger partial charge in [0, 0.05) is 25.2 Å². The van der Waals surface area contributed by atoms with E-state index in [1.807, 2.05) is 0 Å². The summed E-state index contributed by atoms with van der Waals surface area (Å²) >= 11 is 0. The number of nitrogens with zero attached hydrogens (tertiary/aromatic N) is 1. The van der Waals surface area contributed by atoms with Crippen molar-refractivity contribution in [3.63, 3.8) is 0 Å². The first-order chi connectivity index (χ1) is 7.42. The van der Waals surface area contributed by atoms with Crippen molar-refractivity contribution in [2.24, 2.45) is 5.41 Å². The molecular formula is C14H30N2. The first-order valence-corrected chi connectivity index (χ1v) is 6.90. The van der Waals surface area contributed by atoms with Gasteiger partial charge in [-0.15, -0.1) is 0 Å². The van der Waals surface area contributed by atoms with E-state index < -0.39 is 0 Å². The van der Waals surface area contributed by atoms with Crippen molar-refractivity contribution in [3.8, 4) is 0 Å². The maximum Gasteiger partial charge on any atom is 0.0195 e. The molecule has 96 valence electrons. The van der Waals surface area contributed by atoms with E-state index in [9.17, 15) is 0 Å². The summed E-state index contributed by atoms with van der Waals surface area (Å²) in [5.41, 5.74) is 0.463. The first kappa shape index (κ1) is 14.0. The average molecular weight is 226 g/mol. The summed E-state index contributed by atoms with van der Waals surface area (Å²) < 4.78 is 0. The van der Waals surface area contributed by atoms with Gasteiger partial charge in [-0.05, 0) is 31.7 Å². The summed E-state index contributed by atoms with van der Waals surface area (Å²) in [6, 6.07) is 1.43. The molecular weight excluding hydrogens is 196 g/mol. The molecule has 1 fully saturated rings. The molecule has 0 aromatic carbocycles. The third-order valence-electron chi connectivity index (χ3n) is 3.57. The maximum absolute atomic E-state index is 3.66. The number of rotatable bonds is 4. The van der Waals surface area contributed by atoms with Crippen LogP contribution in [0.4, 0.5) is 0 Å². The second kappa shape index (κ2) is 6.02. The Bertz CT molecular complexity index is 195. The van der Waals surface area contributed by atoms with Crippen LogP contribution in [0.15, 0.2) is 0 Å². The minimum Gasteiger partial charge on any atom is -0.311 e. The normalized spacial score (nSPS) is 28.3. The summed E-state index contributed by atoms with van der Waals surface area (Å²) in [4.78, 5) is 2.67. The zero-order valence-electron chi connectivity index (χ0n) is 11.8. The lowest BCUT2D eigenvalue weighted by Crippen LogP contribution is -2.55. The third kappa shape index (κ3) is 4.84. The molecule has 1 aliphatic heterocycles. The van der Waals surface area contributed by atoms with Crippen LogP contribution in [0.1, 0.15) is 53.9 Å². The molecule has 0 spiro atoms. The molecule has 1 rings (SSSR count). The fraction of sp³-hybridized carbons (Fsp3) is 1.00. The van der Waals surface area contributed by atoms with Crippen LogP contribution in [0.25, 0.3) is 0 Å². The number of piperazine rings is 1. The van der Waals surface area contributed by atoms with Crippen LogP contribution in [-0.2, 0) is 0 Å². The zero-order chi connectivity index (χ0) is 12.2. The lowest BCUT2D eigenvalue weighted by atomic mass is 9.91. The van der Waals surface area contributed by atoms with E-state index >= 15 is 0 Å². The van der Waals surface area contributed by atoms with Gasteiger partial charge in [0.15, 0.2) is 0 Å². The highest BCUT2D eigenvalue weighted by molar-refractivity contribution is 4.84. The van der Waals surface area contributed by atoms with Crippen LogP contribution < -0.4 is 5.32 Å². The van der Waals surface area contributed by atoms with Gasteiger partial charge in [-0.1, -0.05) is 34.1 Å². The van der Waals surface area contributed by atoms with Crippen LogP contribution in [0.2, 0.25) is 0 Å². The highest BCUT2D eigenvalue weighted by Gasteiger charge is 2.25. The van der Waals surface area contributed by atoms with Gasteiger partial charge in [0.05, 0.1) is 0 Å². The minimum atomic E-state index is 0.463. The molecule has 2 unspecified atom stereocenters. The smallest absolute Gasteiger partial charge is 0.0195 e. The van der Waals surface area contributed by atoms with Crippen molar-refractivity contribution < 1.29 is 0 Å². The second-order valence-electron chi connectivity index (χ2n) is 6.55. The molecule has 1 saturated heterocycles. The molecule has 0 radical (unpaired) electrons. The fourth-order valence-electron chi connectivity index (χ4n) is 2.33. The molecule has 0 aromatic heterocycles. The molecule has 0 bridgehead atoms. The highest BCUT2D eigenvalue weighted by atomic mass is 15.2. The minimum absolute atomic E-state index is 0.463. The predicted molar refractivity (Wildman–Crippen MR) is 71.8 cm³/mol. The Morgan fingerprint density at radius 1 is 1.31 bits per heavy atom. The van der Waals surface area contributed by atoms with E-state index in [0.717, 1.165) is 12.6 Å². The van der Waals surface area contributed by atoms with Crippen molar-refractivity contribution in [2.45, 2.75) is 66.0 Å². The average Bonchev–Trinajstić information content (AvgIpc) is 2.18. The molecule has 2 atom stereocenters. The molecule has 0 saturated carbocycles. The SMILES string of the molecule is CCCC1CN(CCC(C)(C)C)C(C)CN1. The Balaban J connectivity index is 2.37. The van der Waals surface area contributed by atoms with E-state index in [0.29, 0.717) is 11.5 Å². The quantitative estimate of drug-likeness (QED) is 0.793. The first-order valence-electron chi connectivity index (χ1n) is 6.90. The van der Waals surface area contributed by atoms with Crippen molar-refractivity contribution in [2.75, 3.05) is 19.6 Å². The molecule has 0 aromatic rings. The van der Waals surface area contributed by atoms with Crippen molar-refractivity contribution >= 4 is 0 Å². The Kier molecular flexibility index (Phi) is 5.26. The summed E-state index contributed by atoms with van der Waals surface area (Å²) in [5.74, 6) is 0. The van der Waals surface area contributed by atoms with Gasteiger partial charge in [-0.25, -0.2) is 0 Å². The standard InChI is InChI=1S/C14H30N2/c1-6-7-13-11-16(12(2)10-15-13)9-8-14(3,4)5/h12-13,15H,6-11H2,1-5H3. The number of nitrogens with one attached hydrogen (secondary N) is 1. The lowest BCUT2D eigenvalue weighted by molar-refractivity contribution is 0.121. The molecule has 1 aliphatic rings. The van der Waals surface area contributed by atoms with E-state index in [-0.39, 0.29) is 0 Å². The van der Waals surface area contributed by atoms with Crippen molar-refractivity contribution in [1.29, 1.82) is 0 Å². The summed E-state index contributed by atoms with van der Waals surface area (Å²) in [7, 11) is 0. The van der Waals surface area contributed by atoms with E-state index in [1.165, 1.54) is 32.4 Å². The third-order valence-corrected chi connectivity index (χ3v) is 3.57. The van der Waals surface area contributed by atoms with Crippen LogP contribution >= 0.6 is 0 Å². The summed E-state index contributed by atoms with van der Waals surface area (Å²) in [5, 5.41) is 3.66. The van der Waals surface area contributed by atoms with Gasteiger partial charge in [-0.3, -0.25) is 4.90 Å². The Morgan fingerprint density at radius 2 is 2.00 bits per heavy atom. The molecule has 2 heteroatoms. The van der Waals surface area contributed by atoms with Crippen molar-refractivity contribution in [1.82, 2.24) is 10.2 Å². The van der Waals surface area contributed by atoms with E-state index in [1.54, 1.807) is 0 Å². The topological polar surface area (TPSA) is 15.3 Å². The molecule has 0 aliphatic carbocycles. The molecule has 1 N–H and O–H groups in total. The predicted octanol–water partition coefficient (Wildman–Crippen LogP) is 2.89. The molecule has 16 heavy (non-hydrogen) atoms. The Labute approximate surface area is 102 Å². The molecule has 1 heterocycles. The largest absolute Gasteiger partial charge is 0.311 e. The molecule has 2 nitrogen and oxygen atoms in total. The summed E-state index contributed by atoms with van der Waals surface area (Å²) in [6.07, 6.45) is 3.91. The van der Waals surface area contributed by atoms with Gasteiger partial charge >= 0.3 is 0 Å². The monoisotopic (exact) mass is 226 g/mol. The maximum atomic E-state index is 3.66. The molecule has 0 amide bonds. The van der Waals surface area contributed by atoms with Crippen LogP contribution in [0, 0.1) is 5.41 Å². The van der Waals surface area contributed by atoms with Gasteiger partial charge in [0.2, 0.25) is 0 Å². The highest BCUT2D eigenvalue weighted by Crippen LogP contribution is 2.20. The van der Waals surface area contributed by atoms with Crippen molar-refractivity contribution in [3.05, 3.63) is 0 Å². The second-order valence-corrected chi connectivity index (χ2v) is 6.55. The van der Waals surface area contributed by atoms with Crippen LogP contribution in [0.5, 0.6) is 0 Å². The van der Waals surface area contributed by atoms with Gasteiger partial charge in [0.25, 0.3) is 0 Å². The van der Waals surface area contributed by atoms with Crippen LogP contribution in [0.3, 0.4) is 0 Å². The van der Waals surface area contributed by atoms with Gasteiger partial charge in [0.1, 0.15) is 0 Å². The Hall–Kier alpha value is -0.0800. The van der Waals surface area contributed by atoms with Crippen LogP contribution in [-0.4, -0.2) is 36.6 Å². The van der Waals surface area contributed by atoms with Gasteiger partial charge in [-0.2, -0.15) is 0 Å². The number of hydrogen-bond acceptors (Lipinski definition) is 2. The van der Waals surface area contributed by atoms with E-state index in [4.69, 9.17) is 0 Å². The fourth-order valence-corrected chi connectivity index (χ4v) is 2.33. The summed E-state index contributed by atoms with van der Waals surface area (Å²) in [6.45, 7) is 15.3. The lowest BCUT2D eigenvalue weighted by Gasteiger charge is -2.40. The van der Waals surface area contributed by atoms with Gasteiger partial charge < -0.3 is 5.32 Å². The zero-order valence-corrected chi connectivity index (χ0v) is 11.8. The number of hydrogen-bond donors (Lipinski definition) is 1.